The molecule has 0 spiro atoms. The van der Waals surface area contributed by atoms with Gasteiger partial charge in [-0.05, 0) is 44.0 Å². The van der Waals surface area contributed by atoms with Crippen LogP contribution in [-0.4, -0.2) is 29.8 Å². The topological polar surface area (TPSA) is 62.6 Å². The smallest absolute Gasteiger partial charge is 0.253 e. The normalized spacial score (nSPS) is 17.5. The summed E-state index contributed by atoms with van der Waals surface area (Å²) in [4.78, 5) is 26.8. The second-order valence-electron chi connectivity index (χ2n) is 6.26. The second-order valence-corrected chi connectivity index (χ2v) is 6.26. The molecule has 5 heteroatoms. The first kappa shape index (κ1) is 16.3. The molecule has 24 heavy (non-hydrogen) atoms. The molecule has 1 fully saturated rings. The van der Waals surface area contributed by atoms with E-state index in [2.05, 4.69) is 5.32 Å². The molecule has 0 radical (unpaired) electrons. The van der Waals surface area contributed by atoms with Crippen molar-refractivity contribution >= 4 is 11.8 Å². The highest BCUT2D eigenvalue weighted by atomic mass is 16.3. The first-order valence-corrected chi connectivity index (χ1v) is 8.29. The second kappa shape index (κ2) is 7.34. The number of nitrogens with zero attached hydrogens (tertiary/aromatic N) is 1. The van der Waals surface area contributed by atoms with Gasteiger partial charge in [0.05, 0.1) is 18.7 Å². The first-order valence-electron chi connectivity index (χ1n) is 8.29. The fourth-order valence-electron chi connectivity index (χ4n) is 3.07. The summed E-state index contributed by atoms with van der Waals surface area (Å²) in [5.74, 6) is 0.546. The number of hydrogen-bond donors (Lipinski definition) is 1. The maximum Gasteiger partial charge on any atom is 0.253 e. The summed E-state index contributed by atoms with van der Waals surface area (Å²) in [6, 6.07) is 11.2. The Bertz CT molecular complexity index is 709. The van der Waals surface area contributed by atoms with E-state index in [-0.39, 0.29) is 17.7 Å². The Morgan fingerprint density at radius 1 is 1.29 bits per heavy atom. The van der Waals surface area contributed by atoms with Gasteiger partial charge in [0.1, 0.15) is 5.76 Å². The van der Waals surface area contributed by atoms with E-state index in [1.165, 1.54) is 0 Å². The third kappa shape index (κ3) is 3.85. The number of carbonyl (C=O) groups excluding carboxylic acids is 2. The SMILES string of the molecule is Cc1cccc(C(=O)N2CCCC(C(=O)NCc3ccco3)C2)c1. The summed E-state index contributed by atoms with van der Waals surface area (Å²) in [5, 5.41) is 2.89. The minimum absolute atomic E-state index is 0.00207. The van der Waals surface area contributed by atoms with Crippen LogP contribution >= 0.6 is 0 Å². The van der Waals surface area contributed by atoms with Crippen molar-refractivity contribution in [3.05, 3.63) is 59.5 Å². The van der Waals surface area contributed by atoms with Gasteiger partial charge in [-0.3, -0.25) is 9.59 Å². The summed E-state index contributed by atoms with van der Waals surface area (Å²) in [7, 11) is 0. The van der Waals surface area contributed by atoms with E-state index in [1.54, 1.807) is 17.2 Å². The molecule has 1 aliphatic heterocycles. The van der Waals surface area contributed by atoms with Crippen molar-refractivity contribution in [3.63, 3.8) is 0 Å². The van der Waals surface area contributed by atoms with Crippen molar-refractivity contribution < 1.29 is 14.0 Å². The number of amides is 2. The molecule has 0 bridgehead atoms. The van der Waals surface area contributed by atoms with Crippen molar-refractivity contribution in [2.75, 3.05) is 13.1 Å². The zero-order valence-electron chi connectivity index (χ0n) is 13.8. The highest BCUT2D eigenvalue weighted by molar-refractivity contribution is 5.94. The summed E-state index contributed by atoms with van der Waals surface area (Å²) in [5.41, 5.74) is 1.75. The number of furan rings is 1. The molecule has 1 unspecified atom stereocenters. The van der Waals surface area contributed by atoms with Crippen LogP contribution in [0.15, 0.2) is 47.1 Å². The van der Waals surface area contributed by atoms with E-state index >= 15 is 0 Å². The molecule has 2 amide bonds. The number of carbonyl (C=O) groups is 2. The highest BCUT2D eigenvalue weighted by Gasteiger charge is 2.28. The Hall–Kier alpha value is -2.56. The predicted molar refractivity (Wildman–Crippen MR) is 90.4 cm³/mol. The van der Waals surface area contributed by atoms with E-state index in [1.807, 2.05) is 37.3 Å². The average Bonchev–Trinajstić information content (AvgIpc) is 3.12. The maximum atomic E-state index is 12.6. The lowest BCUT2D eigenvalue weighted by atomic mass is 9.96. The van der Waals surface area contributed by atoms with Gasteiger partial charge in [0.25, 0.3) is 5.91 Å². The molecule has 0 aliphatic carbocycles. The number of rotatable bonds is 4. The minimum Gasteiger partial charge on any atom is -0.467 e. The highest BCUT2D eigenvalue weighted by Crippen LogP contribution is 2.19. The monoisotopic (exact) mass is 326 g/mol. The Balaban J connectivity index is 1.59. The predicted octanol–water partition coefficient (Wildman–Crippen LogP) is 2.76. The Morgan fingerprint density at radius 3 is 2.92 bits per heavy atom. The van der Waals surface area contributed by atoms with Gasteiger partial charge >= 0.3 is 0 Å². The molecule has 3 rings (SSSR count). The molecule has 1 aromatic carbocycles. The number of hydrogen-bond acceptors (Lipinski definition) is 3. The lowest BCUT2D eigenvalue weighted by Crippen LogP contribution is -2.45. The third-order valence-electron chi connectivity index (χ3n) is 4.36. The van der Waals surface area contributed by atoms with Gasteiger partial charge in [-0.1, -0.05) is 17.7 Å². The molecule has 1 aromatic heterocycles. The summed E-state index contributed by atoms with van der Waals surface area (Å²) < 4.78 is 5.22. The molecule has 1 N–H and O–H groups in total. The lowest BCUT2D eigenvalue weighted by Gasteiger charge is -2.32. The molecule has 2 heterocycles. The van der Waals surface area contributed by atoms with Crippen molar-refractivity contribution in [3.8, 4) is 0 Å². The van der Waals surface area contributed by atoms with Crippen LogP contribution in [0.1, 0.15) is 34.5 Å². The lowest BCUT2D eigenvalue weighted by molar-refractivity contribution is -0.126. The summed E-state index contributed by atoms with van der Waals surface area (Å²) >= 11 is 0. The standard InChI is InChI=1S/C19H22N2O3/c1-14-5-2-6-15(11-14)19(23)21-9-3-7-16(13-21)18(22)20-12-17-8-4-10-24-17/h2,4-6,8,10-11,16H,3,7,9,12-13H2,1H3,(H,20,22). The van der Waals surface area contributed by atoms with Gasteiger partial charge in [-0.2, -0.15) is 0 Å². The van der Waals surface area contributed by atoms with Crippen molar-refractivity contribution in [2.24, 2.45) is 5.92 Å². The van der Waals surface area contributed by atoms with Crippen molar-refractivity contribution in [1.29, 1.82) is 0 Å². The van der Waals surface area contributed by atoms with Crippen LogP contribution in [-0.2, 0) is 11.3 Å². The zero-order valence-corrected chi connectivity index (χ0v) is 13.8. The van der Waals surface area contributed by atoms with Gasteiger partial charge < -0.3 is 14.6 Å². The number of piperidine rings is 1. The Kier molecular flexibility index (Phi) is 4.99. The van der Waals surface area contributed by atoms with E-state index in [9.17, 15) is 9.59 Å². The minimum atomic E-state index is -0.164. The molecular formula is C19H22N2O3. The summed E-state index contributed by atoms with van der Waals surface area (Å²) in [6.45, 7) is 3.53. The van der Waals surface area contributed by atoms with Gasteiger partial charge in [-0.15, -0.1) is 0 Å². The quantitative estimate of drug-likeness (QED) is 0.940. The number of aryl methyl sites for hydroxylation is 1. The van der Waals surface area contributed by atoms with Gasteiger partial charge in [0, 0.05) is 18.7 Å². The van der Waals surface area contributed by atoms with Crippen LogP contribution in [0.25, 0.3) is 0 Å². The Morgan fingerprint density at radius 2 is 2.17 bits per heavy atom. The van der Waals surface area contributed by atoms with E-state index < -0.39 is 0 Å². The van der Waals surface area contributed by atoms with Crippen LogP contribution in [0.3, 0.4) is 0 Å². The largest absolute Gasteiger partial charge is 0.467 e. The zero-order chi connectivity index (χ0) is 16.9. The molecule has 5 nitrogen and oxygen atoms in total. The third-order valence-corrected chi connectivity index (χ3v) is 4.36. The van der Waals surface area contributed by atoms with Crippen LogP contribution in [0, 0.1) is 12.8 Å². The van der Waals surface area contributed by atoms with Gasteiger partial charge in [0.15, 0.2) is 0 Å². The summed E-state index contributed by atoms with van der Waals surface area (Å²) in [6.07, 6.45) is 3.24. The van der Waals surface area contributed by atoms with Crippen molar-refractivity contribution in [2.45, 2.75) is 26.3 Å². The van der Waals surface area contributed by atoms with E-state index in [4.69, 9.17) is 4.42 Å². The van der Waals surface area contributed by atoms with E-state index in [0.717, 1.165) is 24.2 Å². The number of benzene rings is 1. The molecular weight excluding hydrogens is 304 g/mol. The molecule has 1 saturated heterocycles. The van der Waals surface area contributed by atoms with E-state index in [0.29, 0.717) is 25.2 Å². The molecule has 2 aromatic rings. The molecule has 0 saturated carbocycles. The average molecular weight is 326 g/mol. The number of likely N-dealkylation sites (tertiary alicyclic amines) is 1. The molecule has 1 aliphatic rings. The fraction of sp³-hybridized carbons (Fsp3) is 0.368. The van der Waals surface area contributed by atoms with Crippen molar-refractivity contribution in [1.82, 2.24) is 10.2 Å². The van der Waals surface area contributed by atoms with Crippen LogP contribution in [0.4, 0.5) is 0 Å². The van der Waals surface area contributed by atoms with Crippen LogP contribution in [0.2, 0.25) is 0 Å². The molecule has 126 valence electrons. The van der Waals surface area contributed by atoms with Crippen LogP contribution in [0.5, 0.6) is 0 Å². The fourth-order valence-corrected chi connectivity index (χ4v) is 3.07. The Labute approximate surface area is 141 Å². The van der Waals surface area contributed by atoms with Gasteiger partial charge in [0.2, 0.25) is 5.91 Å². The maximum absolute atomic E-state index is 12.6. The molecule has 1 atom stereocenters. The van der Waals surface area contributed by atoms with Gasteiger partial charge in [-0.25, -0.2) is 0 Å². The first-order chi connectivity index (χ1) is 11.6. The van der Waals surface area contributed by atoms with Crippen LogP contribution < -0.4 is 5.32 Å². The number of nitrogens with one attached hydrogen (secondary N) is 1.